The van der Waals surface area contributed by atoms with Crippen molar-refractivity contribution < 1.29 is 4.39 Å². The summed E-state index contributed by atoms with van der Waals surface area (Å²) >= 11 is 2.78. The molecule has 0 amide bonds. The van der Waals surface area contributed by atoms with Crippen molar-refractivity contribution in [1.82, 2.24) is 20.2 Å². The molecule has 78 valence electrons. The van der Waals surface area contributed by atoms with Crippen LogP contribution in [0.15, 0.2) is 21.8 Å². The maximum absolute atomic E-state index is 12.7. The Morgan fingerprint density at radius 1 is 1.40 bits per heavy atom. The van der Waals surface area contributed by atoms with Gasteiger partial charge in [-0.1, -0.05) is 18.3 Å². The van der Waals surface area contributed by atoms with E-state index in [1.54, 1.807) is 0 Å². The van der Waals surface area contributed by atoms with Crippen LogP contribution in [0.2, 0.25) is 0 Å². The summed E-state index contributed by atoms with van der Waals surface area (Å²) in [6.45, 7) is 2.01. The van der Waals surface area contributed by atoms with Gasteiger partial charge in [0.2, 0.25) is 5.95 Å². The third-order valence-electron chi connectivity index (χ3n) is 1.55. The standard InChI is InChI=1S/C8H7FN4S2/c1-2-6-12-13-8(14-6)15-7-3-5(9)10-4-11-7/h3-4H,2H2,1H3. The van der Waals surface area contributed by atoms with E-state index in [1.165, 1.54) is 35.5 Å². The summed E-state index contributed by atoms with van der Waals surface area (Å²) in [4.78, 5) is 7.30. The van der Waals surface area contributed by atoms with Gasteiger partial charge in [0.05, 0.1) is 0 Å². The maximum atomic E-state index is 12.7. The highest BCUT2D eigenvalue weighted by atomic mass is 32.2. The van der Waals surface area contributed by atoms with E-state index in [9.17, 15) is 4.39 Å². The lowest BCUT2D eigenvalue weighted by Gasteiger charge is -1.93. The van der Waals surface area contributed by atoms with Crippen LogP contribution in [-0.2, 0) is 6.42 Å². The number of hydrogen-bond acceptors (Lipinski definition) is 6. The molecule has 0 bridgehead atoms. The van der Waals surface area contributed by atoms with Crippen molar-refractivity contribution in [2.45, 2.75) is 22.7 Å². The van der Waals surface area contributed by atoms with E-state index >= 15 is 0 Å². The van der Waals surface area contributed by atoms with Crippen molar-refractivity contribution in [3.8, 4) is 0 Å². The van der Waals surface area contributed by atoms with Crippen molar-refractivity contribution in [3.05, 3.63) is 23.3 Å². The zero-order valence-electron chi connectivity index (χ0n) is 7.85. The summed E-state index contributed by atoms with van der Waals surface area (Å²) in [6, 6.07) is 1.28. The third-order valence-corrected chi connectivity index (χ3v) is 3.60. The number of aromatic nitrogens is 4. The molecule has 0 radical (unpaired) electrons. The first-order valence-corrected chi connectivity index (χ1v) is 5.89. The minimum absolute atomic E-state index is 0.535. The molecule has 2 rings (SSSR count). The van der Waals surface area contributed by atoms with Crippen LogP contribution in [-0.4, -0.2) is 20.2 Å². The maximum Gasteiger partial charge on any atom is 0.217 e. The van der Waals surface area contributed by atoms with Crippen molar-refractivity contribution in [3.63, 3.8) is 0 Å². The van der Waals surface area contributed by atoms with Gasteiger partial charge < -0.3 is 0 Å². The Bertz CT molecular complexity index is 459. The Hall–Kier alpha value is -1.08. The van der Waals surface area contributed by atoms with Gasteiger partial charge in [0.15, 0.2) is 4.34 Å². The molecule has 0 unspecified atom stereocenters. The van der Waals surface area contributed by atoms with Crippen LogP contribution in [0, 0.1) is 5.95 Å². The second-order valence-corrected chi connectivity index (χ2v) is 4.93. The molecule has 2 aromatic heterocycles. The van der Waals surface area contributed by atoms with Gasteiger partial charge in [0, 0.05) is 6.07 Å². The highest BCUT2D eigenvalue weighted by molar-refractivity contribution is 8.01. The first-order chi connectivity index (χ1) is 7.28. The highest BCUT2D eigenvalue weighted by Crippen LogP contribution is 2.28. The summed E-state index contributed by atoms with van der Waals surface area (Å²) in [5.41, 5.74) is 0. The van der Waals surface area contributed by atoms with E-state index in [4.69, 9.17) is 0 Å². The van der Waals surface area contributed by atoms with Gasteiger partial charge in [0.25, 0.3) is 0 Å². The minimum Gasteiger partial charge on any atom is -0.229 e. The van der Waals surface area contributed by atoms with Gasteiger partial charge in [-0.3, -0.25) is 0 Å². The SMILES string of the molecule is CCc1nnc(Sc2cc(F)ncn2)s1. The molecule has 0 aliphatic rings. The molecule has 15 heavy (non-hydrogen) atoms. The predicted octanol–water partition coefficient (Wildman–Crippen LogP) is 2.18. The largest absolute Gasteiger partial charge is 0.229 e. The van der Waals surface area contributed by atoms with Crippen LogP contribution < -0.4 is 0 Å². The first kappa shape index (κ1) is 10.4. The number of hydrogen-bond donors (Lipinski definition) is 0. The Kier molecular flexibility index (Phi) is 3.22. The number of nitrogens with zero attached hydrogens (tertiary/aromatic N) is 4. The normalized spacial score (nSPS) is 10.5. The number of halogens is 1. The fourth-order valence-corrected chi connectivity index (χ4v) is 2.62. The molecule has 0 spiro atoms. The van der Waals surface area contributed by atoms with Crippen molar-refractivity contribution in [2.24, 2.45) is 0 Å². The van der Waals surface area contributed by atoms with Crippen LogP contribution in [0.5, 0.6) is 0 Å². The molecule has 4 nitrogen and oxygen atoms in total. The monoisotopic (exact) mass is 242 g/mol. The lowest BCUT2D eigenvalue weighted by molar-refractivity contribution is 0.572. The van der Waals surface area contributed by atoms with Gasteiger partial charge >= 0.3 is 0 Å². The quantitative estimate of drug-likeness (QED) is 0.772. The number of rotatable bonds is 3. The number of aryl methyl sites for hydroxylation is 1. The summed E-state index contributed by atoms with van der Waals surface area (Å²) in [6.07, 6.45) is 2.05. The fraction of sp³-hybridized carbons (Fsp3) is 0.250. The highest BCUT2D eigenvalue weighted by Gasteiger charge is 2.06. The van der Waals surface area contributed by atoms with Crippen molar-refractivity contribution >= 4 is 23.1 Å². The summed E-state index contributed by atoms with van der Waals surface area (Å²) < 4.78 is 13.5. The predicted molar refractivity (Wildman–Crippen MR) is 55.4 cm³/mol. The average Bonchev–Trinajstić information content (AvgIpc) is 2.65. The Labute approximate surface area is 94.0 Å². The molecule has 0 aliphatic heterocycles. The molecule has 2 aromatic rings. The van der Waals surface area contributed by atoms with Gasteiger partial charge in [-0.05, 0) is 18.2 Å². The molecule has 0 aliphatic carbocycles. The minimum atomic E-state index is -0.535. The molecule has 0 atom stereocenters. The van der Waals surface area contributed by atoms with Gasteiger partial charge in [-0.2, -0.15) is 4.39 Å². The Morgan fingerprint density at radius 2 is 2.27 bits per heavy atom. The van der Waals surface area contributed by atoms with Crippen LogP contribution in [0.3, 0.4) is 0 Å². The molecular formula is C8H7FN4S2. The van der Waals surface area contributed by atoms with Crippen molar-refractivity contribution in [2.75, 3.05) is 0 Å². The second-order valence-electron chi connectivity index (χ2n) is 2.60. The lowest BCUT2D eigenvalue weighted by Crippen LogP contribution is -1.86. The van der Waals surface area contributed by atoms with Gasteiger partial charge in [-0.25, -0.2) is 9.97 Å². The zero-order chi connectivity index (χ0) is 10.7. The lowest BCUT2D eigenvalue weighted by atomic mass is 10.5. The Morgan fingerprint density at radius 3 is 2.93 bits per heavy atom. The molecular weight excluding hydrogens is 235 g/mol. The van der Waals surface area contributed by atoms with Crippen molar-refractivity contribution in [1.29, 1.82) is 0 Å². The van der Waals surface area contributed by atoms with E-state index in [-0.39, 0.29) is 0 Å². The second kappa shape index (κ2) is 4.63. The zero-order valence-corrected chi connectivity index (χ0v) is 9.48. The van der Waals surface area contributed by atoms with Crippen LogP contribution in [0.1, 0.15) is 11.9 Å². The van der Waals surface area contributed by atoms with Gasteiger partial charge in [-0.15, -0.1) is 10.2 Å². The molecule has 2 heterocycles. The molecule has 0 saturated heterocycles. The Balaban J connectivity index is 2.14. The fourth-order valence-electron chi connectivity index (χ4n) is 0.885. The van der Waals surface area contributed by atoms with Crippen LogP contribution in [0.4, 0.5) is 4.39 Å². The summed E-state index contributed by atoms with van der Waals surface area (Å²) in [5.74, 6) is -0.535. The topological polar surface area (TPSA) is 51.6 Å². The summed E-state index contributed by atoms with van der Waals surface area (Å²) in [5, 5.41) is 9.43. The molecule has 0 N–H and O–H groups in total. The molecule has 7 heteroatoms. The van der Waals surface area contributed by atoms with Crippen LogP contribution >= 0.6 is 23.1 Å². The molecule has 0 aromatic carbocycles. The van der Waals surface area contributed by atoms with E-state index in [0.717, 1.165) is 15.8 Å². The summed E-state index contributed by atoms with van der Waals surface area (Å²) in [7, 11) is 0. The smallest absolute Gasteiger partial charge is 0.217 e. The average molecular weight is 242 g/mol. The third kappa shape index (κ3) is 2.69. The van der Waals surface area contributed by atoms with E-state index in [2.05, 4.69) is 20.2 Å². The molecule has 0 fully saturated rings. The molecule has 0 saturated carbocycles. The van der Waals surface area contributed by atoms with Gasteiger partial charge in [0.1, 0.15) is 16.4 Å². The van der Waals surface area contributed by atoms with E-state index in [1.807, 2.05) is 6.92 Å². The first-order valence-electron chi connectivity index (χ1n) is 4.25. The van der Waals surface area contributed by atoms with E-state index in [0.29, 0.717) is 5.03 Å². The van der Waals surface area contributed by atoms with E-state index < -0.39 is 5.95 Å². The van der Waals surface area contributed by atoms with Crippen LogP contribution in [0.25, 0.3) is 0 Å².